The lowest BCUT2D eigenvalue weighted by Gasteiger charge is -2.63. The fourth-order valence-electron chi connectivity index (χ4n) is 11.7. The van der Waals surface area contributed by atoms with Crippen molar-refractivity contribution in [3.8, 4) is 0 Å². The average Bonchev–Trinajstić information content (AvgIpc) is 3.08. The highest BCUT2D eigenvalue weighted by Gasteiger charge is 2.60. The van der Waals surface area contributed by atoms with E-state index in [1.807, 2.05) is 11.8 Å². The van der Waals surface area contributed by atoms with E-state index < -0.39 is 0 Å². The molecule has 6 aliphatic rings. The third-order valence-corrected chi connectivity index (χ3v) is 14.9. The summed E-state index contributed by atoms with van der Waals surface area (Å²) >= 11 is 2.02. The molecule has 0 radical (unpaired) electrons. The molecule has 5 aromatic rings. The van der Waals surface area contributed by atoms with Crippen molar-refractivity contribution in [2.75, 3.05) is 4.90 Å². The quantitative estimate of drug-likeness (QED) is 0.192. The summed E-state index contributed by atoms with van der Waals surface area (Å²) in [7, 11) is 0. The molecule has 0 aromatic heterocycles. The van der Waals surface area contributed by atoms with Crippen LogP contribution in [0.3, 0.4) is 0 Å². The van der Waals surface area contributed by atoms with Crippen LogP contribution in [0.5, 0.6) is 0 Å². The normalized spacial score (nSPS) is 28.6. The maximum Gasteiger partial charge on any atom is 0.0540 e. The Labute approximate surface area is 291 Å². The lowest BCUT2D eigenvalue weighted by atomic mass is 9.42. The van der Waals surface area contributed by atoms with Crippen LogP contribution < -0.4 is 4.90 Å². The van der Waals surface area contributed by atoms with Gasteiger partial charge in [-0.05, 0) is 143 Å². The second kappa shape index (κ2) is 10.3. The highest BCUT2D eigenvalue weighted by atomic mass is 32.2. The molecule has 4 fully saturated rings. The summed E-state index contributed by atoms with van der Waals surface area (Å²) in [6.45, 7) is 9.87. The van der Waals surface area contributed by atoms with E-state index in [-0.39, 0.29) is 16.2 Å². The summed E-state index contributed by atoms with van der Waals surface area (Å²) in [4.78, 5) is 5.65. The molecule has 0 N–H and O–H groups in total. The van der Waals surface area contributed by atoms with Crippen molar-refractivity contribution < 1.29 is 0 Å². The number of anilines is 3. The van der Waals surface area contributed by atoms with Crippen LogP contribution in [0.15, 0.2) is 113 Å². The standard InChI is InChI=1S/C46H47NS/c1-44(2)21-22-45(3,4)43-37(44)15-10-17-40(43)47(39-16-9-12-31-11-5-6-13-35(31)39)34-19-20-42-38(28-34)46(36-14-7-8-18-41(36)48-42)32-24-29-23-30(26-32)27-33(46)25-29/h5-20,28-30,32-33H,21-27H2,1-4H3. The summed E-state index contributed by atoms with van der Waals surface area (Å²) in [5, 5.41) is 2.61. The van der Waals surface area contributed by atoms with Gasteiger partial charge in [-0.25, -0.2) is 0 Å². The average molecular weight is 646 g/mol. The van der Waals surface area contributed by atoms with E-state index in [1.165, 1.54) is 93.7 Å². The molecule has 11 rings (SSSR count). The largest absolute Gasteiger partial charge is 0.310 e. The maximum atomic E-state index is 2.68. The minimum atomic E-state index is 0.0793. The molecule has 1 nitrogen and oxygen atoms in total. The van der Waals surface area contributed by atoms with Gasteiger partial charge in [0.15, 0.2) is 0 Å². The third kappa shape index (κ3) is 4.05. The third-order valence-electron chi connectivity index (χ3n) is 13.7. The van der Waals surface area contributed by atoms with Crippen molar-refractivity contribution in [3.63, 3.8) is 0 Å². The molecule has 4 saturated carbocycles. The van der Waals surface area contributed by atoms with Gasteiger partial charge in [0.2, 0.25) is 0 Å². The fourth-order valence-corrected chi connectivity index (χ4v) is 12.9. The van der Waals surface area contributed by atoms with E-state index in [9.17, 15) is 0 Å². The summed E-state index contributed by atoms with van der Waals surface area (Å²) < 4.78 is 0. The topological polar surface area (TPSA) is 3.24 Å². The van der Waals surface area contributed by atoms with Crippen LogP contribution in [0.2, 0.25) is 0 Å². The zero-order valence-electron chi connectivity index (χ0n) is 28.9. The van der Waals surface area contributed by atoms with Crippen molar-refractivity contribution in [3.05, 3.63) is 125 Å². The predicted octanol–water partition coefficient (Wildman–Crippen LogP) is 12.9. The first-order valence-corrected chi connectivity index (χ1v) is 19.4. The Morgan fingerprint density at radius 3 is 2.00 bits per heavy atom. The Morgan fingerprint density at radius 2 is 1.19 bits per heavy atom. The summed E-state index contributed by atoms with van der Waals surface area (Å²) in [5.41, 5.74) is 10.6. The SMILES string of the molecule is CC1(C)CCC(C)(C)c2c(N(c3ccc4c(c3)C3(c5ccccc5S4)C4CC5CC(C4)CC3C5)c3cccc4ccccc34)cccc21. The van der Waals surface area contributed by atoms with Crippen LogP contribution in [0.4, 0.5) is 17.1 Å². The molecule has 5 aliphatic carbocycles. The Kier molecular flexibility index (Phi) is 6.29. The summed E-state index contributed by atoms with van der Waals surface area (Å²) in [6, 6.07) is 40.2. The fraction of sp³-hybridized carbons (Fsp3) is 0.391. The number of benzene rings is 5. The first kappa shape index (κ1) is 29.4. The minimum absolute atomic E-state index is 0.0793. The maximum absolute atomic E-state index is 2.68. The van der Waals surface area contributed by atoms with Crippen molar-refractivity contribution in [2.45, 2.75) is 98.7 Å². The van der Waals surface area contributed by atoms with Crippen LogP contribution in [0.1, 0.15) is 94.9 Å². The van der Waals surface area contributed by atoms with Crippen molar-refractivity contribution in [2.24, 2.45) is 23.7 Å². The molecule has 48 heavy (non-hydrogen) atoms. The van der Waals surface area contributed by atoms with Crippen LogP contribution in [-0.2, 0) is 16.2 Å². The van der Waals surface area contributed by atoms with Crippen molar-refractivity contribution >= 4 is 39.6 Å². The van der Waals surface area contributed by atoms with E-state index >= 15 is 0 Å². The smallest absolute Gasteiger partial charge is 0.0540 e. The minimum Gasteiger partial charge on any atom is -0.310 e. The van der Waals surface area contributed by atoms with Gasteiger partial charge in [-0.2, -0.15) is 0 Å². The highest BCUT2D eigenvalue weighted by molar-refractivity contribution is 7.99. The van der Waals surface area contributed by atoms with Gasteiger partial charge in [0.05, 0.1) is 11.4 Å². The molecule has 1 heterocycles. The van der Waals surface area contributed by atoms with Gasteiger partial charge in [-0.15, -0.1) is 0 Å². The van der Waals surface area contributed by atoms with E-state index in [1.54, 1.807) is 11.1 Å². The zero-order valence-corrected chi connectivity index (χ0v) is 29.7. The Morgan fingerprint density at radius 1 is 0.562 bits per heavy atom. The Hall–Kier alpha value is -3.49. The monoisotopic (exact) mass is 645 g/mol. The number of hydrogen-bond donors (Lipinski definition) is 0. The molecule has 1 spiro atoms. The molecule has 2 heteroatoms. The van der Waals surface area contributed by atoms with E-state index in [2.05, 4.69) is 136 Å². The van der Waals surface area contributed by atoms with Crippen LogP contribution in [-0.4, -0.2) is 0 Å². The predicted molar refractivity (Wildman–Crippen MR) is 202 cm³/mol. The molecule has 1 aliphatic heterocycles. The number of fused-ring (bicyclic) bond motifs is 4. The first-order chi connectivity index (χ1) is 23.2. The molecule has 242 valence electrons. The van der Waals surface area contributed by atoms with Gasteiger partial charge in [0, 0.05) is 26.3 Å². The molecular weight excluding hydrogens is 599 g/mol. The zero-order chi connectivity index (χ0) is 32.4. The lowest BCUT2D eigenvalue weighted by Crippen LogP contribution is -2.57. The van der Waals surface area contributed by atoms with Crippen LogP contribution in [0, 0.1) is 23.7 Å². The molecule has 4 bridgehead atoms. The number of nitrogens with zero attached hydrogens (tertiary/aromatic N) is 1. The van der Waals surface area contributed by atoms with E-state index in [0.29, 0.717) is 0 Å². The van der Waals surface area contributed by atoms with Gasteiger partial charge in [0.1, 0.15) is 0 Å². The first-order valence-electron chi connectivity index (χ1n) is 18.6. The van der Waals surface area contributed by atoms with E-state index in [0.717, 1.165) is 23.7 Å². The van der Waals surface area contributed by atoms with Crippen molar-refractivity contribution in [1.82, 2.24) is 0 Å². The van der Waals surface area contributed by atoms with Gasteiger partial charge in [-0.3, -0.25) is 0 Å². The Balaban J connectivity index is 1.25. The highest BCUT2D eigenvalue weighted by Crippen LogP contribution is 2.69. The second-order valence-electron chi connectivity index (χ2n) is 17.3. The Bertz CT molecular complexity index is 2070. The number of rotatable bonds is 3. The number of hydrogen-bond acceptors (Lipinski definition) is 2. The lowest BCUT2D eigenvalue weighted by molar-refractivity contribution is -0.0443. The van der Waals surface area contributed by atoms with Gasteiger partial charge < -0.3 is 4.90 Å². The molecule has 0 atom stereocenters. The molecule has 0 unspecified atom stereocenters. The van der Waals surface area contributed by atoms with Gasteiger partial charge >= 0.3 is 0 Å². The summed E-state index contributed by atoms with van der Waals surface area (Å²) in [5.74, 6) is 3.33. The molecule has 0 saturated heterocycles. The van der Waals surface area contributed by atoms with E-state index in [4.69, 9.17) is 0 Å². The van der Waals surface area contributed by atoms with Gasteiger partial charge in [0.25, 0.3) is 0 Å². The van der Waals surface area contributed by atoms with Gasteiger partial charge in [-0.1, -0.05) is 106 Å². The molecule has 0 amide bonds. The second-order valence-corrected chi connectivity index (χ2v) is 18.3. The van der Waals surface area contributed by atoms with Crippen LogP contribution in [0.25, 0.3) is 10.8 Å². The summed E-state index contributed by atoms with van der Waals surface area (Å²) in [6.07, 6.45) is 9.49. The molecular formula is C46H47NS. The molecule has 5 aromatic carbocycles. The van der Waals surface area contributed by atoms with Crippen LogP contribution >= 0.6 is 11.8 Å². The van der Waals surface area contributed by atoms with Crippen molar-refractivity contribution in [1.29, 1.82) is 0 Å².